The molecule has 9 nitrogen and oxygen atoms in total. The van der Waals surface area contributed by atoms with Crippen molar-refractivity contribution in [2.24, 2.45) is 7.05 Å². The van der Waals surface area contributed by atoms with E-state index in [1.165, 1.54) is 28.9 Å². The van der Waals surface area contributed by atoms with Crippen LogP contribution in [-0.4, -0.2) is 61.3 Å². The van der Waals surface area contributed by atoms with Crippen molar-refractivity contribution in [1.82, 2.24) is 19.1 Å². The molecule has 1 fully saturated rings. The Morgan fingerprint density at radius 1 is 1.43 bits per heavy atom. The molecule has 2 aromatic heterocycles. The molecule has 0 spiro atoms. The number of aliphatic hydroxyl groups is 2. The van der Waals surface area contributed by atoms with Gasteiger partial charge in [0.15, 0.2) is 17.4 Å². The van der Waals surface area contributed by atoms with Crippen molar-refractivity contribution >= 4 is 11.2 Å². The molecule has 3 rings (SSSR count). The zero-order valence-electron chi connectivity index (χ0n) is 11.6. The molecule has 1 aliphatic heterocycles. The lowest BCUT2D eigenvalue weighted by Gasteiger charge is -2.19. The van der Waals surface area contributed by atoms with Crippen molar-refractivity contribution in [3.8, 4) is 0 Å². The van der Waals surface area contributed by atoms with Gasteiger partial charge in [-0.2, -0.15) is 0 Å². The van der Waals surface area contributed by atoms with Gasteiger partial charge >= 0.3 is 0 Å². The fourth-order valence-electron chi connectivity index (χ4n) is 2.53. The topological polar surface area (TPSA) is 112 Å². The lowest BCUT2D eigenvalue weighted by molar-refractivity contribution is -0.0583. The van der Waals surface area contributed by atoms with Gasteiger partial charge in [0, 0.05) is 14.2 Å². The van der Waals surface area contributed by atoms with Crippen LogP contribution < -0.4 is 5.56 Å². The third-order valence-electron chi connectivity index (χ3n) is 3.68. The van der Waals surface area contributed by atoms with Crippen LogP contribution >= 0.6 is 0 Å². The maximum Gasteiger partial charge on any atom is 0.281 e. The van der Waals surface area contributed by atoms with Gasteiger partial charge in [-0.25, -0.2) is 9.97 Å². The Hall–Kier alpha value is -1.81. The van der Waals surface area contributed by atoms with Crippen LogP contribution in [0.1, 0.15) is 6.23 Å². The average molecular weight is 296 g/mol. The van der Waals surface area contributed by atoms with Gasteiger partial charge in [0.05, 0.1) is 19.3 Å². The molecule has 0 saturated carbocycles. The SMILES string of the molecule is COC1[C@@H](O)[C@@H](CO)O[C@H]1n1cnc2c(=O)n(C)cnc21. The number of aromatic nitrogens is 4. The van der Waals surface area contributed by atoms with E-state index in [1.54, 1.807) is 7.05 Å². The minimum absolute atomic E-state index is 0.209. The summed E-state index contributed by atoms with van der Waals surface area (Å²) in [4.78, 5) is 20.2. The summed E-state index contributed by atoms with van der Waals surface area (Å²) in [6.07, 6.45) is -0.336. The largest absolute Gasteiger partial charge is 0.394 e. The van der Waals surface area contributed by atoms with Gasteiger partial charge in [0.1, 0.15) is 18.3 Å². The molecule has 3 heterocycles. The summed E-state index contributed by atoms with van der Waals surface area (Å²) >= 11 is 0. The highest BCUT2D eigenvalue weighted by molar-refractivity contribution is 5.69. The Morgan fingerprint density at radius 2 is 2.19 bits per heavy atom. The predicted molar refractivity (Wildman–Crippen MR) is 70.6 cm³/mol. The van der Waals surface area contributed by atoms with Crippen molar-refractivity contribution in [2.75, 3.05) is 13.7 Å². The first-order valence-corrected chi connectivity index (χ1v) is 6.43. The van der Waals surface area contributed by atoms with E-state index in [1.807, 2.05) is 0 Å². The summed E-state index contributed by atoms with van der Waals surface area (Å²) in [7, 11) is 3.03. The third kappa shape index (κ3) is 2.05. The molecular formula is C12H16N4O5. The van der Waals surface area contributed by atoms with Crippen molar-refractivity contribution in [2.45, 2.75) is 24.5 Å². The van der Waals surface area contributed by atoms with Crippen molar-refractivity contribution in [3.05, 3.63) is 23.0 Å². The number of rotatable bonds is 3. The van der Waals surface area contributed by atoms with Gasteiger partial charge in [0.25, 0.3) is 5.56 Å². The van der Waals surface area contributed by atoms with E-state index < -0.39 is 24.5 Å². The average Bonchev–Trinajstić information content (AvgIpc) is 3.03. The van der Waals surface area contributed by atoms with Crippen LogP contribution in [0.15, 0.2) is 17.4 Å². The fraction of sp³-hybridized carbons (Fsp3) is 0.583. The minimum Gasteiger partial charge on any atom is -0.394 e. The molecule has 4 atom stereocenters. The highest BCUT2D eigenvalue weighted by Gasteiger charge is 2.45. The second kappa shape index (κ2) is 5.19. The van der Waals surface area contributed by atoms with Crippen LogP contribution in [0.2, 0.25) is 0 Å². The number of fused-ring (bicyclic) bond motifs is 1. The van der Waals surface area contributed by atoms with E-state index in [2.05, 4.69) is 9.97 Å². The first-order chi connectivity index (χ1) is 10.1. The lowest BCUT2D eigenvalue weighted by atomic mass is 10.1. The second-order valence-electron chi connectivity index (χ2n) is 4.92. The Balaban J connectivity index is 2.08. The molecule has 1 aliphatic rings. The molecule has 0 aliphatic carbocycles. The number of hydrogen-bond acceptors (Lipinski definition) is 7. The summed E-state index contributed by atoms with van der Waals surface area (Å²) in [6.45, 7) is -0.334. The van der Waals surface area contributed by atoms with Crippen molar-refractivity contribution in [1.29, 1.82) is 0 Å². The van der Waals surface area contributed by atoms with E-state index >= 15 is 0 Å². The second-order valence-corrected chi connectivity index (χ2v) is 4.92. The first-order valence-electron chi connectivity index (χ1n) is 6.43. The lowest BCUT2D eigenvalue weighted by Crippen LogP contribution is -2.34. The Bertz CT molecular complexity index is 711. The zero-order chi connectivity index (χ0) is 15.1. The number of imidazole rings is 1. The summed E-state index contributed by atoms with van der Waals surface area (Å²) in [5, 5.41) is 19.3. The standard InChI is InChI=1S/C12H16N4O5/c1-15-4-14-10-7(11(15)19)13-5-16(10)12-9(20-2)8(18)6(3-17)21-12/h4-6,8-9,12,17-18H,3H2,1-2H3/t6-,8+,9?,12-/m1/s1. The molecule has 0 amide bonds. The molecular weight excluding hydrogens is 280 g/mol. The summed E-state index contributed by atoms with van der Waals surface area (Å²) in [6, 6.07) is 0. The third-order valence-corrected chi connectivity index (χ3v) is 3.68. The molecule has 2 N–H and O–H groups in total. The van der Waals surface area contributed by atoms with Gasteiger partial charge in [0.2, 0.25) is 0 Å². The fourth-order valence-corrected chi connectivity index (χ4v) is 2.53. The monoisotopic (exact) mass is 296 g/mol. The molecule has 114 valence electrons. The molecule has 0 radical (unpaired) electrons. The Labute approximate surface area is 119 Å². The van der Waals surface area contributed by atoms with Crippen molar-refractivity contribution in [3.63, 3.8) is 0 Å². The first kappa shape index (κ1) is 14.1. The molecule has 21 heavy (non-hydrogen) atoms. The summed E-state index contributed by atoms with van der Waals surface area (Å²) in [5.74, 6) is 0. The summed E-state index contributed by atoms with van der Waals surface area (Å²) in [5.41, 5.74) is 0.279. The molecule has 1 unspecified atom stereocenters. The van der Waals surface area contributed by atoms with Crippen LogP contribution in [0.25, 0.3) is 11.2 Å². The molecule has 2 aromatic rings. The highest BCUT2D eigenvalue weighted by Crippen LogP contribution is 2.32. The van der Waals surface area contributed by atoms with E-state index in [-0.39, 0.29) is 17.7 Å². The number of aliphatic hydroxyl groups excluding tert-OH is 2. The molecule has 0 aromatic carbocycles. The Morgan fingerprint density at radius 3 is 2.86 bits per heavy atom. The van der Waals surface area contributed by atoms with Gasteiger partial charge in [-0.15, -0.1) is 0 Å². The zero-order valence-corrected chi connectivity index (χ0v) is 11.6. The number of aryl methyl sites for hydroxylation is 1. The van der Waals surface area contributed by atoms with Crippen LogP contribution in [-0.2, 0) is 16.5 Å². The number of hydrogen-bond donors (Lipinski definition) is 2. The molecule has 1 saturated heterocycles. The van der Waals surface area contributed by atoms with Crippen LogP contribution in [0.4, 0.5) is 0 Å². The number of nitrogens with zero attached hydrogens (tertiary/aromatic N) is 4. The van der Waals surface area contributed by atoms with Gasteiger partial charge in [-0.3, -0.25) is 9.36 Å². The van der Waals surface area contributed by atoms with Gasteiger partial charge in [-0.1, -0.05) is 0 Å². The Kier molecular flexibility index (Phi) is 3.49. The van der Waals surface area contributed by atoms with Gasteiger partial charge < -0.3 is 24.3 Å². The van der Waals surface area contributed by atoms with E-state index in [9.17, 15) is 15.0 Å². The maximum absolute atomic E-state index is 12.0. The normalized spacial score (nSPS) is 29.3. The smallest absolute Gasteiger partial charge is 0.281 e. The predicted octanol–water partition coefficient (Wildman–Crippen LogP) is -1.60. The maximum atomic E-state index is 12.0. The van der Waals surface area contributed by atoms with Crippen molar-refractivity contribution < 1.29 is 19.7 Å². The van der Waals surface area contributed by atoms with E-state index in [4.69, 9.17) is 9.47 Å². The van der Waals surface area contributed by atoms with Gasteiger partial charge in [-0.05, 0) is 0 Å². The summed E-state index contributed by atoms with van der Waals surface area (Å²) < 4.78 is 13.7. The minimum atomic E-state index is -0.978. The van der Waals surface area contributed by atoms with Crippen LogP contribution in [0.3, 0.4) is 0 Å². The quantitative estimate of drug-likeness (QED) is 0.701. The molecule has 0 bridgehead atoms. The van der Waals surface area contributed by atoms with Crippen LogP contribution in [0, 0.1) is 0 Å². The van der Waals surface area contributed by atoms with Crippen LogP contribution in [0.5, 0.6) is 0 Å². The molecule has 9 heteroatoms. The highest BCUT2D eigenvalue weighted by atomic mass is 16.6. The van der Waals surface area contributed by atoms with E-state index in [0.29, 0.717) is 5.65 Å². The van der Waals surface area contributed by atoms with E-state index in [0.717, 1.165) is 0 Å². The number of methoxy groups -OCH3 is 1. The number of ether oxygens (including phenoxy) is 2.